The third-order valence-electron chi connectivity index (χ3n) is 4.76. The average molecular weight is 150 g/mol. The quantitative estimate of drug-likeness (QED) is 0.496. The molecule has 1 spiro atoms. The third kappa shape index (κ3) is 0.761. The second-order valence-electron chi connectivity index (χ2n) is 5.14. The normalized spacial score (nSPS) is 54.5. The molecule has 3 aliphatic carbocycles. The molecule has 2 bridgehead atoms. The monoisotopic (exact) mass is 150 g/mol. The molecule has 0 heteroatoms. The topological polar surface area (TPSA) is 0 Å². The van der Waals surface area contributed by atoms with Gasteiger partial charge in [-0.15, -0.1) is 0 Å². The van der Waals surface area contributed by atoms with Crippen LogP contribution in [0.3, 0.4) is 0 Å². The smallest absolute Gasteiger partial charge is 0.0266 e. The maximum absolute atomic E-state index is 1.62. The van der Waals surface area contributed by atoms with Crippen molar-refractivity contribution in [2.75, 3.05) is 0 Å². The Morgan fingerprint density at radius 3 is 2.91 bits per heavy atom. The van der Waals surface area contributed by atoms with E-state index in [1.807, 2.05) is 0 Å². The molecule has 0 radical (unpaired) electrons. The summed E-state index contributed by atoms with van der Waals surface area (Å²) < 4.78 is 0. The number of fused-ring (bicyclic) bond motifs is 1. The summed E-state index contributed by atoms with van der Waals surface area (Å²) in [4.78, 5) is 0. The van der Waals surface area contributed by atoms with E-state index in [-0.39, 0.29) is 0 Å². The van der Waals surface area contributed by atoms with Gasteiger partial charge in [0.1, 0.15) is 0 Å². The van der Waals surface area contributed by atoms with E-state index in [4.69, 9.17) is 0 Å². The molecule has 0 aromatic rings. The van der Waals surface area contributed by atoms with Gasteiger partial charge in [0.05, 0.1) is 0 Å². The van der Waals surface area contributed by atoms with Crippen LogP contribution in [0.1, 0.15) is 51.4 Å². The van der Waals surface area contributed by atoms with Gasteiger partial charge in [-0.25, -0.2) is 0 Å². The van der Waals surface area contributed by atoms with E-state index in [0.717, 1.165) is 11.3 Å². The van der Waals surface area contributed by atoms with E-state index in [9.17, 15) is 0 Å². The Bertz CT molecular complexity index is 171. The fraction of sp³-hybridized carbons (Fsp3) is 1.00. The zero-order valence-electron chi connectivity index (χ0n) is 7.31. The molecule has 0 N–H and O–H groups in total. The predicted octanol–water partition coefficient (Wildman–Crippen LogP) is 3.37. The first-order chi connectivity index (χ1) is 5.39. The summed E-state index contributed by atoms with van der Waals surface area (Å²) in [5.41, 5.74) is 0.906. The minimum atomic E-state index is 0.906. The zero-order valence-corrected chi connectivity index (χ0v) is 7.31. The molecule has 3 fully saturated rings. The van der Waals surface area contributed by atoms with Crippen molar-refractivity contribution in [3.05, 3.63) is 0 Å². The summed E-state index contributed by atoms with van der Waals surface area (Å²) in [6, 6.07) is 0. The van der Waals surface area contributed by atoms with Crippen molar-refractivity contribution in [3.63, 3.8) is 0 Å². The summed E-state index contributed by atoms with van der Waals surface area (Å²) in [6.45, 7) is 0. The van der Waals surface area contributed by atoms with Crippen LogP contribution in [0.2, 0.25) is 0 Å². The largest absolute Gasteiger partial charge is 0.0525 e. The predicted molar refractivity (Wildman–Crippen MR) is 46.3 cm³/mol. The van der Waals surface area contributed by atoms with Gasteiger partial charge in [0.15, 0.2) is 0 Å². The highest BCUT2D eigenvalue weighted by molar-refractivity contribution is 5.01. The van der Waals surface area contributed by atoms with Crippen molar-refractivity contribution in [2.24, 2.45) is 17.3 Å². The van der Waals surface area contributed by atoms with Crippen molar-refractivity contribution in [1.82, 2.24) is 0 Å². The second kappa shape index (κ2) is 2.02. The van der Waals surface area contributed by atoms with Crippen LogP contribution in [-0.4, -0.2) is 0 Å². The first-order valence-corrected chi connectivity index (χ1v) is 5.39. The highest BCUT2D eigenvalue weighted by atomic mass is 14.5. The van der Waals surface area contributed by atoms with Gasteiger partial charge in [0.2, 0.25) is 0 Å². The fourth-order valence-corrected chi connectivity index (χ4v) is 4.21. The lowest BCUT2D eigenvalue weighted by Gasteiger charge is -2.35. The molecule has 0 heterocycles. The van der Waals surface area contributed by atoms with Gasteiger partial charge in [-0.3, -0.25) is 0 Å². The van der Waals surface area contributed by atoms with Crippen LogP contribution in [0.15, 0.2) is 0 Å². The highest BCUT2D eigenvalue weighted by Crippen LogP contribution is 2.61. The molecule has 0 aromatic carbocycles. The van der Waals surface area contributed by atoms with Crippen molar-refractivity contribution in [2.45, 2.75) is 51.4 Å². The third-order valence-corrected chi connectivity index (χ3v) is 4.76. The van der Waals surface area contributed by atoms with Gasteiger partial charge in [0, 0.05) is 0 Å². The Labute approximate surface area is 69.4 Å². The molecule has 11 heavy (non-hydrogen) atoms. The molecule has 0 saturated heterocycles. The summed E-state index contributed by atoms with van der Waals surface area (Å²) in [5.74, 6) is 2.32. The molecule has 3 atom stereocenters. The molecule has 0 amide bonds. The lowest BCUT2D eigenvalue weighted by Crippen LogP contribution is -2.25. The molecule has 2 unspecified atom stereocenters. The van der Waals surface area contributed by atoms with E-state index in [1.54, 1.807) is 51.4 Å². The summed E-state index contributed by atoms with van der Waals surface area (Å²) in [7, 11) is 0. The fourth-order valence-electron chi connectivity index (χ4n) is 4.21. The number of hydrogen-bond donors (Lipinski definition) is 0. The van der Waals surface area contributed by atoms with Crippen LogP contribution in [0.4, 0.5) is 0 Å². The van der Waals surface area contributed by atoms with Gasteiger partial charge in [-0.1, -0.05) is 12.8 Å². The molecule has 0 nitrogen and oxygen atoms in total. The molecule has 3 saturated carbocycles. The number of hydrogen-bond acceptors (Lipinski definition) is 0. The maximum Gasteiger partial charge on any atom is -0.0266 e. The minimum Gasteiger partial charge on any atom is -0.0525 e. The Hall–Kier alpha value is 0. The van der Waals surface area contributed by atoms with E-state index >= 15 is 0 Å². The molecule has 0 aliphatic heterocycles. The molecule has 3 rings (SSSR count). The zero-order chi connectivity index (χ0) is 7.31. The van der Waals surface area contributed by atoms with Crippen molar-refractivity contribution < 1.29 is 0 Å². The SMILES string of the molecule is C1CC2CCC3CC[C@]2(C1)C3. The van der Waals surface area contributed by atoms with Crippen LogP contribution in [0.25, 0.3) is 0 Å². The van der Waals surface area contributed by atoms with Crippen LogP contribution in [0, 0.1) is 17.3 Å². The van der Waals surface area contributed by atoms with Gasteiger partial charge in [-0.05, 0) is 55.8 Å². The first kappa shape index (κ1) is 6.51. The second-order valence-corrected chi connectivity index (χ2v) is 5.14. The summed E-state index contributed by atoms with van der Waals surface area (Å²) >= 11 is 0. The van der Waals surface area contributed by atoms with Crippen LogP contribution >= 0.6 is 0 Å². The molecular formula is C11H18. The van der Waals surface area contributed by atoms with E-state index < -0.39 is 0 Å². The Kier molecular flexibility index (Phi) is 1.20. The lowest BCUT2D eigenvalue weighted by atomic mass is 9.70. The van der Waals surface area contributed by atoms with Crippen LogP contribution in [-0.2, 0) is 0 Å². The van der Waals surface area contributed by atoms with E-state index in [2.05, 4.69) is 0 Å². The Balaban J connectivity index is 1.94. The van der Waals surface area contributed by atoms with Crippen LogP contribution in [0.5, 0.6) is 0 Å². The molecule has 3 aliphatic rings. The van der Waals surface area contributed by atoms with Gasteiger partial charge < -0.3 is 0 Å². The van der Waals surface area contributed by atoms with E-state index in [1.165, 1.54) is 5.92 Å². The van der Waals surface area contributed by atoms with Gasteiger partial charge >= 0.3 is 0 Å². The number of rotatable bonds is 0. The Morgan fingerprint density at radius 2 is 1.91 bits per heavy atom. The molecule has 62 valence electrons. The Morgan fingerprint density at radius 1 is 0.909 bits per heavy atom. The lowest BCUT2D eigenvalue weighted by molar-refractivity contribution is 0.148. The van der Waals surface area contributed by atoms with Crippen molar-refractivity contribution in [3.8, 4) is 0 Å². The average Bonchev–Trinajstić information content (AvgIpc) is 2.58. The highest BCUT2D eigenvalue weighted by Gasteiger charge is 2.50. The van der Waals surface area contributed by atoms with E-state index in [0.29, 0.717) is 0 Å². The molecular weight excluding hydrogens is 132 g/mol. The van der Waals surface area contributed by atoms with Crippen LogP contribution < -0.4 is 0 Å². The summed E-state index contributed by atoms with van der Waals surface area (Å²) in [5, 5.41) is 0. The maximum atomic E-state index is 1.62. The summed E-state index contributed by atoms with van der Waals surface area (Å²) in [6.07, 6.45) is 12.7. The standard InChI is InChI=1S/C11H18/c1-2-10-4-3-9-5-7-11(10,6-1)8-9/h9-10H,1-8H2/t9?,10?,11-/m1/s1. The van der Waals surface area contributed by atoms with Gasteiger partial charge in [0.25, 0.3) is 0 Å². The van der Waals surface area contributed by atoms with Crippen molar-refractivity contribution >= 4 is 0 Å². The van der Waals surface area contributed by atoms with Crippen molar-refractivity contribution in [1.29, 1.82) is 0 Å². The minimum absolute atomic E-state index is 0.906. The first-order valence-electron chi connectivity index (χ1n) is 5.39. The molecule has 0 aromatic heterocycles. The van der Waals surface area contributed by atoms with Gasteiger partial charge in [-0.2, -0.15) is 0 Å².